The van der Waals surface area contributed by atoms with Gasteiger partial charge in [-0.2, -0.15) is 0 Å². The monoisotopic (exact) mass is 473 g/mol. The van der Waals surface area contributed by atoms with Crippen LogP contribution in [0.4, 0.5) is 5.69 Å². The molecule has 1 heterocycles. The summed E-state index contributed by atoms with van der Waals surface area (Å²) in [6.45, 7) is 11.5. The summed E-state index contributed by atoms with van der Waals surface area (Å²) in [5.74, 6) is -2.84. The topological polar surface area (TPSA) is 137 Å². The molecule has 1 aromatic rings. The Bertz CT molecular complexity index is 1060. The number of hydrogen-bond acceptors (Lipinski definition) is 8. The van der Waals surface area contributed by atoms with Gasteiger partial charge in [0.2, 0.25) is 5.91 Å². The first-order chi connectivity index (χ1) is 15.7. The molecule has 184 valence electrons. The van der Waals surface area contributed by atoms with Gasteiger partial charge in [-0.15, -0.1) is 0 Å². The number of nitrogens with zero attached hydrogens (tertiary/aromatic N) is 1. The highest BCUT2D eigenvalue weighted by Crippen LogP contribution is 2.39. The molecule has 0 aliphatic carbocycles. The second-order valence-corrected chi connectivity index (χ2v) is 9.21. The zero-order valence-corrected chi connectivity index (χ0v) is 20.5. The molecule has 10 heteroatoms. The minimum Gasteiger partial charge on any atom is -0.460 e. The zero-order valence-electron chi connectivity index (χ0n) is 20.5. The summed E-state index contributed by atoms with van der Waals surface area (Å²) in [7, 11) is 0. The van der Waals surface area contributed by atoms with E-state index in [1.165, 1.54) is 18.2 Å². The molecule has 1 aliphatic heterocycles. The predicted molar refractivity (Wildman–Crippen MR) is 124 cm³/mol. The normalized spacial score (nSPS) is 16.2. The number of allylic oxidation sites excluding steroid dienone is 2. The number of dihydropyridines is 1. The van der Waals surface area contributed by atoms with Crippen molar-refractivity contribution in [2.45, 2.75) is 66.1 Å². The third-order valence-electron chi connectivity index (χ3n) is 4.80. The molecule has 2 rings (SSSR count). The quantitative estimate of drug-likeness (QED) is 0.350. The fourth-order valence-corrected chi connectivity index (χ4v) is 3.62. The molecule has 1 unspecified atom stereocenters. The third-order valence-corrected chi connectivity index (χ3v) is 4.80. The summed E-state index contributed by atoms with van der Waals surface area (Å²) >= 11 is 0. The van der Waals surface area contributed by atoms with Gasteiger partial charge in [-0.25, -0.2) is 4.79 Å². The molecular formula is C24H31N3O7. The van der Waals surface area contributed by atoms with Crippen molar-refractivity contribution in [3.63, 3.8) is 0 Å². The maximum absolute atomic E-state index is 13.3. The highest BCUT2D eigenvalue weighted by molar-refractivity contribution is 6.03. The van der Waals surface area contributed by atoms with Gasteiger partial charge >= 0.3 is 11.9 Å². The minimum absolute atomic E-state index is 0.144. The van der Waals surface area contributed by atoms with E-state index in [9.17, 15) is 24.5 Å². The fourth-order valence-electron chi connectivity index (χ4n) is 3.62. The summed E-state index contributed by atoms with van der Waals surface area (Å²) in [6, 6.07) is 5.74. The number of carbonyl (C=O) groups is 3. The minimum atomic E-state index is -0.953. The van der Waals surface area contributed by atoms with E-state index in [2.05, 4.69) is 10.6 Å². The molecule has 0 saturated heterocycles. The van der Waals surface area contributed by atoms with Crippen molar-refractivity contribution in [1.82, 2.24) is 10.6 Å². The number of carbonyl (C=O) groups excluding carboxylic acids is 3. The van der Waals surface area contributed by atoms with Crippen LogP contribution in [-0.4, -0.2) is 41.0 Å². The Hall–Kier alpha value is -3.69. The number of nitro groups is 1. The summed E-state index contributed by atoms with van der Waals surface area (Å²) in [5, 5.41) is 16.9. The Kier molecular flexibility index (Phi) is 8.20. The first-order valence-corrected chi connectivity index (χ1v) is 10.8. The maximum Gasteiger partial charge on any atom is 0.337 e. The Morgan fingerprint density at radius 2 is 1.76 bits per heavy atom. The average molecular weight is 474 g/mol. The largest absolute Gasteiger partial charge is 0.460 e. The molecule has 0 saturated carbocycles. The van der Waals surface area contributed by atoms with Crippen molar-refractivity contribution in [3.05, 3.63) is 62.5 Å². The summed E-state index contributed by atoms with van der Waals surface area (Å²) < 4.78 is 10.6. The number of non-ortho nitro benzene ring substituents is 1. The van der Waals surface area contributed by atoms with Gasteiger partial charge in [0.1, 0.15) is 12.1 Å². The second kappa shape index (κ2) is 10.5. The van der Waals surface area contributed by atoms with Gasteiger partial charge in [0.05, 0.1) is 22.5 Å². The molecule has 1 amide bonds. The average Bonchev–Trinajstić information content (AvgIpc) is 2.69. The molecule has 0 spiro atoms. The van der Waals surface area contributed by atoms with E-state index in [1.54, 1.807) is 54.5 Å². The number of ether oxygens (including phenoxy) is 2. The molecular weight excluding hydrogens is 442 g/mol. The number of rotatable bonds is 7. The van der Waals surface area contributed by atoms with Crippen molar-refractivity contribution in [2.24, 2.45) is 0 Å². The number of hydrogen-bond donors (Lipinski definition) is 2. The van der Waals surface area contributed by atoms with E-state index in [0.717, 1.165) is 0 Å². The predicted octanol–water partition coefficient (Wildman–Crippen LogP) is 3.24. The van der Waals surface area contributed by atoms with Gasteiger partial charge in [0, 0.05) is 29.1 Å². The Labute approximate surface area is 198 Å². The van der Waals surface area contributed by atoms with Crippen LogP contribution in [-0.2, 0) is 23.9 Å². The zero-order chi connectivity index (χ0) is 25.8. The van der Waals surface area contributed by atoms with Crippen LogP contribution in [0.5, 0.6) is 0 Å². The van der Waals surface area contributed by atoms with Gasteiger partial charge in [-0.3, -0.25) is 19.7 Å². The van der Waals surface area contributed by atoms with Crippen molar-refractivity contribution in [3.8, 4) is 0 Å². The van der Waals surface area contributed by atoms with Crippen molar-refractivity contribution < 1.29 is 28.8 Å². The Balaban J connectivity index is 2.52. The van der Waals surface area contributed by atoms with Crippen LogP contribution in [0.1, 0.15) is 59.9 Å². The van der Waals surface area contributed by atoms with Gasteiger partial charge in [-0.1, -0.05) is 12.1 Å². The molecule has 0 fully saturated rings. The highest BCUT2D eigenvalue weighted by Gasteiger charge is 2.38. The van der Waals surface area contributed by atoms with E-state index in [-0.39, 0.29) is 23.4 Å². The van der Waals surface area contributed by atoms with Gasteiger partial charge in [0.15, 0.2) is 0 Å². The lowest BCUT2D eigenvalue weighted by atomic mass is 9.80. The van der Waals surface area contributed by atoms with Crippen LogP contribution in [0.25, 0.3) is 0 Å². The third kappa shape index (κ3) is 6.66. The number of esters is 2. The lowest BCUT2D eigenvalue weighted by molar-refractivity contribution is -0.384. The highest BCUT2D eigenvalue weighted by atomic mass is 16.6. The van der Waals surface area contributed by atoms with Crippen molar-refractivity contribution in [1.29, 1.82) is 0 Å². The maximum atomic E-state index is 13.3. The lowest BCUT2D eigenvalue weighted by Crippen LogP contribution is -2.40. The van der Waals surface area contributed by atoms with Crippen LogP contribution in [0.15, 0.2) is 46.8 Å². The van der Waals surface area contributed by atoms with Gasteiger partial charge in [0.25, 0.3) is 5.69 Å². The van der Waals surface area contributed by atoms with Crippen molar-refractivity contribution in [2.75, 3.05) is 6.54 Å². The molecule has 0 radical (unpaired) electrons. The second-order valence-electron chi connectivity index (χ2n) is 9.21. The molecule has 1 aliphatic rings. The molecule has 0 bridgehead atoms. The van der Waals surface area contributed by atoms with E-state index in [1.807, 2.05) is 0 Å². The van der Waals surface area contributed by atoms with Crippen LogP contribution in [0.2, 0.25) is 0 Å². The SMILES string of the molecule is CC1=C(C(=O)NCC(=O)OC(C)(C)C)C(c2cccc([N+](=O)[O-])c2)C(C(=O)OC(C)C)=C(C)N1. The first-order valence-electron chi connectivity index (χ1n) is 10.8. The number of benzene rings is 1. The number of nitro benzene ring substituents is 1. The summed E-state index contributed by atoms with van der Waals surface area (Å²) in [4.78, 5) is 49.2. The van der Waals surface area contributed by atoms with Crippen LogP contribution in [0, 0.1) is 10.1 Å². The van der Waals surface area contributed by atoms with Crippen LogP contribution in [0.3, 0.4) is 0 Å². The lowest BCUT2D eigenvalue weighted by Gasteiger charge is -2.31. The van der Waals surface area contributed by atoms with Crippen LogP contribution < -0.4 is 10.6 Å². The Morgan fingerprint density at radius 3 is 2.32 bits per heavy atom. The van der Waals surface area contributed by atoms with Gasteiger partial charge < -0.3 is 20.1 Å². The van der Waals surface area contributed by atoms with Gasteiger partial charge in [-0.05, 0) is 54.0 Å². The molecule has 10 nitrogen and oxygen atoms in total. The number of amides is 1. The summed E-state index contributed by atoms with van der Waals surface area (Å²) in [5.41, 5.74) is 0.666. The van der Waals surface area contributed by atoms with Crippen molar-refractivity contribution >= 4 is 23.5 Å². The van der Waals surface area contributed by atoms with Crippen LogP contribution >= 0.6 is 0 Å². The van der Waals surface area contributed by atoms with E-state index < -0.39 is 40.4 Å². The smallest absolute Gasteiger partial charge is 0.337 e. The number of nitrogens with one attached hydrogen (secondary N) is 2. The fraction of sp³-hybridized carbons (Fsp3) is 0.458. The van der Waals surface area contributed by atoms with E-state index in [4.69, 9.17) is 9.47 Å². The first kappa shape index (κ1) is 26.6. The summed E-state index contributed by atoms with van der Waals surface area (Å²) in [6.07, 6.45) is -0.421. The molecule has 0 aromatic heterocycles. The standard InChI is InChI=1S/C24H31N3O7/c1-13(2)33-23(30)20-15(4)26-14(3)19(22(29)25-12-18(28)34-24(5,6)7)21(20)16-9-8-10-17(11-16)27(31)32/h8-11,13,21,26H,12H2,1-7H3,(H,25,29). The molecule has 34 heavy (non-hydrogen) atoms. The Morgan fingerprint density at radius 1 is 1.15 bits per heavy atom. The molecule has 1 atom stereocenters. The molecule has 1 aromatic carbocycles. The van der Waals surface area contributed by atoms with E-state index in [0.29, 0.717) is 17.0 Å². The van der Waals surface area contributed by atoms with E-state index >= 15 is 0 Å². The molecule has 2 N–H and O–H groups in total.